The molecule has 1 unspecified atom stereocenters. The minimum atomic E-state index is -1.14. The molecule has 2 aromatic carbocycles. The van der Waals surface area contributed by atoms with Gasteiger partial charge in [0.1, 0.15) is 16.7 Å². The Hall–Kier alpha value is -2.09. The largest absolute Gasteiger partial charge is 0.598 e. The minimum absolute atomic E-state index is 0.0811. The zero-order chi connectivity index (χ0) is 24.0. The molecule has 4 aliphatic rings. The fraction of sp³-hybridized carbons (Fsp3) is 0.519. The standard InChI is InChI=1S/C27H33FN2O3S/c1-27(2,3)33-26(31)30-20-14-19(15-20)25(29-34(32)21-12-13-21)23(30)16-18-10-7-11-22(24(18)28)17-8-5-4-6-9-17/h4-11,19-21,23,25,29H,12-16H2,1-3H3/t19?,20?,23-,25-,34?/m0/s1. The first kappa shape index (κ1) is 23.6. The molecule has 7 heteroatoms. The number of ether oxygens (including phenoxy) is 1. The van der Waals surface area contributed by atoms with Crippen LogP contribution in [0, 0.1) is 11.7 Å². The summed E-state index contributed by atoms with van der Waals surface area (Å²) in [5.74, 6) is 0.0657. The first-order valence-electron chi connectivity index (χ1n) is 12.2. The van der Waals surface area contributed by atoms with Gasteiger partial charge in [0.15, 0.2) is 0 Å². The van der Waals surface area contributed by atoms with Gasteiger partial charge >= 0.3 is 6.09 Å². The van der Waals surface area contributed by atoms with Crippen LogP contribution in [0.25, 0.3) is 11.1 Å². The van der Waals surface area contributed by atoms with E-state index in [4.69, 9.17) is 4.74 Å². The van der Waals surface area contributed by atoms with Gasteiger partial charge in [0.25, 0.3) is 0 Å². The highest BCUT2D eigenvalue weighted by atomic mass is 32.2. The lowest BCUT2D eigenvalue weighted by molar-refractivity contribution is -0.0652. The second-order valence-corrected chi connectivity index (χ2v) is 12.3. The molecule has 0 radical (unpaired) electrons. The van der Waals surface area contributed by atoms with E-state index in [1.54, 1.807) is 12.1 Å². The van der Waals surface area contributed by atoms with Gasteiger partial charge < -0.3 is 14.2 Å². The third-order valence-corrected chi connectivity index (χ3v) is 8.68. The number of benzene rings is 2. The van der Waals surface area contributed by atoms with E-state index in [2.05, 4.69) is 4.72 Å². The van der Waals surface area contributed by atoms with Crippen LogP contribution in [-0.2, 0) is 22.5 Å². The van der Waals surface area contributed by atoms with E-state index < -0.39 is 17.0 Å². The fourth-order valence-electron chi connectivity index (χ4n) is 5.22. The number of nitrogens with one attached hydrogen (secondary N) is 1. The molecule has 6 rings (SSSR count). The predicted molar refractivity (Wildman–Crippen MR) is 132 cm³/mol. The van der Waals surface area contributed by atoms with Crippen molar-refractivity contribution < 1.29 is 18.5 Å². The van der Waals surface area contributed by atoms with Gasteiger partial charge in [0.2, 0.25) is 0 Å². The monoisotopic (exact) mass is 484 g/mol. The summed E-state index contributed by atoms with van der Waals surface area (Å²) < 4.78 is 37.7. The van der Waals surface area contributed by atoms with Gasteiger partial charge in [-0.15, -0.1) is 4.72 Å². The Kier molecular flexibility index (Phi) is 6.38. The molecule has 0 spiro atoms. The average Bonchev–Trinajstić information content (AvgIpc) is 3.60. The second kappa shape index (κ2) is 9.17. The molecular weight excluding hydrogens is 451 g/mol. The number of halogens is 1. The lowest BCUT2D eigenvalue weighted by atomic mass is 9.67. The maximum Gasteiger partial charge on any atom is 0.410 e. The van der Waals surface area contributed by atoms with Gasteiger partial charge in [-0.25, -0.2) is 9.18 Å². The number of nitrogens with zero attached hydrogens (tertiary/aromatic N) is 1. The molecule has 4 fully saturated rings. The molecular formula is C27H33FN2O3S. The van der Waals surface area contributed by atoms with E-state index in [1.165, 1.54) is 0 Å². The Morgan fingerprint density at radius 2 is 1.85 bits per heavy atom. The van der Waals surface area contributed by atoms with Crippen LogP contribution in [0.2, 0.25) is 0 Å². The van der Waals surface area contributed by atoms with E-state index in [-0.39, 0.29) is 35.3 Å². The van der Waals surface area contributed by atoms with Crippen LogP contribution in [0.5, 0.6) is 0 Å². The first-order chi connectivity index (χ1) is 16.2. The maximum absolute atomic E-state index is 15.7. The van der Waals surface area contributed by atoms with Gasteiger partial charge in [-0.1, -0.05) is 48.5 Å². The van der Waals surface area contributed by atoms with Crippen LogP contribution in [0.3, 0.4) is 0 Å². The number of amides is 1. The molecule has 34 heavy (non-hydrogen) atoms. The van der Waals surface area contributed by atoms with Crippen molar-refractivity contribution in [2.24, 2.45) is 5.92 Å². The van der Waals surface area contributed by atoms with Gasteiger partial charge in [-0.05, 0) is 57.1 Å². The van der Waals surface area contributed by atoms with Gasteiger partial charge in [-0.3, -0.25) is 0 Å². The second-order valence-electron chi connectivity index (χ2n) is 10.8. The Balaban J connectivity index is 1.46. The van der Waals surface area contributed by atoms with Crippen molar-refractivity contribution >= 4 is 17.5 Å². The molecule has 3 atom stereocenters. The minimum Gasteiger partial charge on any atom is -0.598 e. The molecule has 2 aliphatic carbocycles. The summed E-state index contributed by atoms with van der Waals surface area (Å²) in [6, 6.07) is 14.6. The predicted octanol–water partition coefficient (Wildman–Crippen LogP) is 5.22. The number of hydrogen-bond donors (Lipinski definition) is 1. The van der Waals surface area contributed by atoms with Crippen molar-refractivity contribution in [3.05, 3.63) is 59.9 Å². The normalized spacial score (nSPS) is 27.1. The van der Waals surface area contributed by atoms with Crippen LogP contribution < -0.4 is 4.72 Å². The highest BCUT2D eigenvalue weighted by Gasteiger charge is 2.55. The molecule has 182 valence electrons. The Morgan fingerprint density at radius 3 is 2.50 bits per heavy atom. The summed E-state index contributed by atoms with van der Waals surface area (Å²) in [5.41, 5.74) is 1.31. The van der Waals surface area contributed by atoms with E-state index in [9.17, 15) is 9.35 Å². The first-order valence-corrected chi connectivity index (χ1v) is 13.4. The highest BCUT2D eigenvalue weighted by Crippen LogP contribution is 2.45. The van der Waals surface area contributed by atoms with Crippen LogP contribution in [0.1, 0.15) is 52.0 Å². The van der Waals surface area contributed by atoms with Crippen LogP contribution in [0.4, 0.5) is 9.18 Å². The zero-order valence-corrected chi connectivity index (χ0v) is 20.8. The maximum atomic E-state index is 15.7. The number of carbonyl (C=O) groups is 1. The Morgan fingerprint density at radius 1 is 1.15 bits per heavy atom. The number of fused-ring (bicyclic) bond motifs is 2. The van der Waals surface area contributed by atoms with E-state index in [1.807, 2.05) is 62.1 Å². The van der Waals surface area contributed by atoms with Crippen molar-refractivity contribution in [2.75, 3.05) is 0 Å². The van der Waals surface area contributed by atoms with Crippen molar-refractivity contribution in [3.63, 3.8) is 0 Å². The van der Waals surface area contributed by atoms with Gasteiger partial charge in [0, 0.05) is 35.8 Å². The van der Waals surface area contributed by atoms with Crippen LogP contribution in [0.15, 0.2) is 48.5 Å². The van der Waals surface area contributed by atoms with E-state index >= 15 is 4.39 Å². The summed E-state index contributed by atoms with van der Waals surface area (Å²) in [5, 5.41) is 0.187. The van der Waals surface area contributed by atoms with Gasteiger partial charge in [-0.2, -0.15) is 0 Å². The van der Waals surface area contributed by atoms with Crippen molar-refractivity contribution in [1.82, 2.24) is 9.62 Å². The molecule has 2 aromatic rings. The number of rotatable bonds is 6. The molecule has 2 heterocycles. The molecule has 1 N–H and O–H groups in total. The summed E-state index contributed by atoms with van der Waals surface area (Å²) in [6.07, 6.45) is 3.63. The molecule has 1 amide bonds. The molecule has 5 nitrogen and oxygen atoms in total. The third-order valence-electron chi connectivity index (χ3n) is 7.10. The van der Waals surface area contributed by atoms with Crippen molar-refractivity contribution in [1.29, 1.82) is 0 Å². The zero-order valence-electron chi connectivity index (χ0n) is 20.0. The lowest BCUT2D eigenvalue weighted by Gasteiger charge is -2.57. The molecule has 2 aliphatic heterocycles. The van der Waals surface area contributed by atoms with Crippen LogP contribution >= 0.6 is 0 Å². The van der Waals surface area contributed by atoms with Crippen LogP contribution in [-0.4, -0.2) is 44.5 Å². The SMILES string of the molecule is CC(C)(C)OC(=O)N1C2CC(C2)[C@H](N[S+]([O-])C2CC2)[C@@H]1Cc1cccc(-c2ccccc2)c1F. The Labute approximate surface area is 204 Å². The molecule has 2 bridgehead atoms. The smallest absolute Gasteiger partial charge is 0.410 e. The highest BCUT2D eigenvalue weighted by molar-refractivity contribution is 7.90. The van der Waals surface area contributed by atoms with E-state index in [0.29, 0.717) is 23.5 Å². The van der Waals surface area contributed by atoms with Crippen molar-refractivity contribution in [2.45, 2.75) is 81.9 Å². The van der Waals surface area contributed by atoms with Gasteiger partial charge in [0.05, 0.1) is 12.1 Å². The van der Waals surface area contributed by atoms with E-state index in [0.717, 1.165) is 31.2 Å². The third kappa shape index (κ3) is 4.83. The average molecular weight is 485 g/mol. The van der Waals surface area contributed by atoms with Crippen molar-refractivity contribution in [3.8, 4) is 11.1 Å². The quantitative estimate of drug-likeness (QED) is 0.571. The number of hydrogen-bond acceptors (Lipinski definition) is 4. The molecule has 0 aromatic heterocycles. The summed E-state index contributed by atoms with van der Waals surface area (Å²) >= 11 is -1.14. The number of piperidine rings is 2. The summed E-state index contributed by atoms with van der Waals surface area (Å²) in [6.45, 7) is 5.57. The lowest BCUT2D eigenvalue weighted by Crippen LogP contribution is -2.71. The topological polar surface area (TPSA) is 64.6 Å². The fourth-order valence-corrected chi connectivity index (χ4v) is 6.60. The Bertz CT molecular complexity index is 1030. The molecule has 2 saturated carbocycles. The summed E-state index contributed by atoms with van der Waals surface area (Å²) in [4.78, 5) is 15.1. The summed E-state index contributed by atoms with van der Waals surface area (Å²) in [7, 11) is 0. The number of carbonyl (C=O) groups excluding carboxylic acids is 1. The molecule has 2 saturated heterocycles.